The summed E-state index contributed by atoms with van der Waals surface area (Å²) >= 11 is 0. The molecular weight excluding hydrogens is 887 g/mol. The Bertz CT molecular complexity index is 2910. The molecule has 1 unspecified atom stereocenters. The summed E-state index contributed by atoms with van der Waals surface area (Å²) in [6.45, 7) is 0.208. The van der Waals surface area contributed by atoms with Gasteiger partial charge in [0.25, 0.3) is 11.1 Å². The molecular formula is C40H36F6N6O9S2. The van der Waals surface area contributed by atoms with Crippen molar-refractivity contribution in [2.75, 3.05) is 41.0 Å². The van der Waals surface area contributed by atoms with Gasteiger partial charge in [-0.25, -0.2) is 28.4 Å². The van der Waals surface area contributed by atoms with Crippen molar-refractivity contribution < 1.29 is 57.9 Å². The second-order valence-electron chi connectivity index (χ2n) is 13.2. The van der Waals surface area contributed by atoms with Crippen molar-refractivity contribution in [1.82, 2.24) is 29.1 Å². The van der Waals surface area contributed by atoms with E-state index in [0.29, 0.717) is 46.4 Å². The Balaban J connectivity index is 0.000000238. The molecule has 0 amide bonds. The van der Waals surface area contributed by atoms with Gasteiger partial charge < -0.3 is 28.1 Å². The monoisotopic (exact) mass is 922 g/mol. The van der Waals surface area contributed by atoms with Crippen molar-refractivity contribution in [3.63, 3.8) is 0 Å². The number of alkyl halides is 6. The van der Waals surface area contributed by atoms with Crippen LogP contribution in [0.15, 0.2) is 105 Å². The van der Waals surface area contributed by atoms with Crippen LogP contribution in [0.2, 0.25) is 0 Å². The van der Waals surface area contributed by atoms with Crippen molar-refractivity contribution in [2.45, 2.75) is 35.8 Å². The number of aromatic nitrogens is 6. The number of pyridine rings is 2. The number of methoxy groups -OCH3 is 4. The van der Waals surface area contributed by atoms with E-state index in [1.54, 1.807) is 36.4 Å². The fourth-order valence-electron chi connectivity index (χ4n) is 5.70. The largest absolute Gasteiger partial charge is 0.493 e. The van der Waals surface area contributed by atoms with Crippen molar-refractivity contribution in [3.8, 4) is 45.5 Å². The molecule has 0 aliphatic heterocycles. The quantitative estimate of drug-likeness (QED) is 0.104. The average molecular weight is 923 g/mol. The van der Waals surface area contributed by atoms with Crippen LogP contribution in [-0.4, -0.2) is 82.6 Å². The molecule has 334 valence electrons. The highest BCUT2D eigenvalue weighted by molar-refractivity contribution is 7.90. The van der Waals surface area contributed by atoms with Gasteiger partial charge in [-0.3, -0.25) is 13.8 Å². The number of halogens is 6. The second-order valence-corrected chi connectivity index (χ2v) is 16.4. The third-order valence-electron chi connectivity index (χ3n) is 8.74. The molecule has 23 heteroatoms. The molecule has 15 nitrogen and oxygen atoms in total. The Morgan fingerprint density at radius 1 is 0.587 bits per heavy atom. The van der Waals surface area contributed by atoms with E-state index >= 15 is 0 Å². The highest BCUT2D eigenvalue weighted by atomic mass is 32.2. The standard InChI is InChI=1S/C20H18F3N3O5S.C20H18F3N3O4S/c1-30-15-6-4-12(8-16(15)31-2)10-26-11-13(5-7-18(26)27)14-9-17(20(21,22)23)25-19(24-14)32(3,28)29;1-29-15-6-4-12(8-16(15)30-2)10-26-11-13(5-7-18(26)27)14-9-17(20(21,22)23)25-19(24-14)31(3)28/h4-9,11H,10H2,1-3H3;4-9,11H,10H2,1-3H3. The fraction of sp³-hybridized carbons (Fsp3) is 0.250. The summed E-state index contributed by atoms with van der Waals surface area (Å²) in [6, 6.07) is 16.5. The van der Waals surface area contributed by atoms with E-state index in [9.17, 15) is 48.6 Å². The number of hydrogen-bond acceptors (Lipinski definition) is 13. The molecule has 0 spiro atoms. The van der Waals surface area contributed by atoms with Crippen LogP contribution in [0.25, 0.3) is 22.5 Å². The van der Waals surface area contributed by atoms with Crippen molar-refractivity contribution in [1.29, 1.82) is 0 Å². The highest BCUT2D eigenvalue weighted by Crippen LogP contribution is 2.33. The zero-order valence-corrected chi connectivity index (χ0v) is 35.6. The van der Waals surface area contributed by atoms with Crippen LogP contribution in [-0.2, 0) is 46.1 Å². The Hall–Kier alpha value is -6.62. The predicted octanol–water partition coefficient (Wildman–Crippen LogP) is 5.92. The molecule has 6 aromatic rings. The van der Waals surface area contributed by atoms with Crippen LogP contribution in [0.4, 0.5) is 26.3 Å². The lowest BCUT2D eigenvalue weighted by Gasteiger charge is -2.13. The lowest BCUT2D eigenvalue weighted by Crippen LogP contribution is -2.19. The molecule has 0 saturated heterocycles. The maximum Gasteiger partial charge on any atom is 0.433 e. The first kappa shape index (κ1) is 47.4. The van der Waals surface area contributed by atoms with Crippen molar-refractivity contribution in [2.24, 2.45) is 0 Å². The minimum atomic E-state index is -4.88. The SMILES string of the molecule is COc1ccc(Cn2cc(-c3cc(C(F)(F)F)nc(S(C)(=O)=O)n3)ccc2=O)cc1OC.COc1ccc(Cn2cc(-c3cc(C(F)(F)F)nc(S(C)=O)n3)ccc2=O)cc1OC. The Morgan fingerprint density at radius 3 is 1.38 bits per heavy atom. The summed E-state index contributed by atoms with van der Waals surface area (Å²) in [7, 11) is -0.0147. The average Bonchev–Trinajstić information content (AvgIpc) is 3.24. The molecule has 63 heavy (non-hydrogen) atoms. The van der Waals surface area contributed by atoms with Crippen LogP contribution < -0.4 is 30.1 Å². The summed E-state index contributed by atoms with van der Waals surface area (Å²) < 4.78 is 138. The maximum atomic E-state index is 13.3. The van der Waals surface area contributed by atoms with Gasteiger partial charge in [-0.1, -0.05) is 12.1 Å². The third-order valence-corrected chi connectivity index (χ3v) is 10.3. The summed E-state index contributed by atoms with van der Waals surface area (Å²) in [5, 5.41) is -1.40. The van der Waals surface area contributed by atoms with Gasteiger partial charge in [0.2, 0.25) is 20.2 Å². The van der Waals surface area contributed by atoms with Crippen LogP contribution >= 0.6 is 0 Å². The molecule has 0 saturated carbocycles. The fourth-order valence-corrected chi connectivity index (χ4v) is 6.68. The normalized spacial score (nSPS) is 12.2. The van der Waals surface area contributed by atoms with Crippen LogP contribution in [0.3, 0.4) is 0 Å². The Labute approximate surface area is 357 Å². The maximum absolute atomic E-state index is 13.3. The molecule has 0 fully saturated rings. The van der Waals surface area contributed by atoms with Gasteiger partial charge in [-0.2, -0.15) is 26.3 Å². The molecule has 4 heterocycles. The van der Waals surface area contributed by atoms with Crippen molar-refractivity contribution in [3.05, 3.63) is 128 Å². The zero-order chi connectivity index (χ0) is 46.4. The lowest BCUT2D eigenvalue weighted by atomic mass is 10.1. The van der Waals surface area contributed by atoms with E-state index in [4.69, 9.17) is 18.9 Å². The van der Waals surface area contributed by atoms with Gasteiger partial charge in [-0.15, -0.1) is 0 Å². The van der Waals surface area contributed by atoms with Crippen molar-refractivity contribution >= 4 is 20.6 Å². The molecule has 0 N–H and O–H groups in total. The van der Waals surface area contributed by atoms with Crippen LogP contribution in [0, 0.1) is 0 Å². The number of sulfone groups is 1. The number of rotatable bonds is 12. The first-order valence-corrected chi connectivity index (χ1v) is 21.3. The minimum Gasteiger partial charge on any atom is -0.493 e. The van der Waals surface area contributed by atoms with Gasteiger partial charge in [0.15, 0.2) is 23.0 Å². The molecule has 0 aliphatic carbocycles. The number of nitrogens with zero attached hydrogens (tertiary/aromatic N) is 6. The van der Waals surface area contributed by atoms with E-state index in [-0.39, 0.29) is 41.2 Å². The van der Waals surface area contributed by atoms with E-state index in [2.05, 4.69) is 19.9 Å². The van der Waals surface area contributed by atoms with Crippen LogP contribution in [0.5, 0.6) is 23.0 Å². The van der Waals surface area contributed by atoms with Gasteiger partial charge in [0.1, 0.15) is 11.4 Å². The molecule has 2 aromatic carbocycles. The lowest BCUT2D eigenvalue weighted by molar-refractivity contribution is -0.142. The Kier molecular flexibility index (Phi) is 14.4. The molecule has 4 aromatic heterocycles. The number of ether oxygens (including phenoxy) is 4. The predicted molar refractivity (Wildman–Crippen MR) is 216 cm³/mol. The first-order valence-electron chi connectivity index (χ1n) is 17.8. The first-order chi connectivity index (χ1) is 29.5. The second kappa shape index (κ2) is 19.2. The topological polar surface area (TPSA) is 184 Å². The summed E-state index contributed by atoms with van der Waals surface area (Å²) in [6.07, 6.45) is -5.02. The number of hydrogen-bond donors (Lipinski definition) is 0. The van der Waals surface area contributed by atoms with Gasteiger partial charge in [0, 0.05) is 48.2 Å². The highest BCUT2D eigenvalue weighted by Gasteiger charge is 2.35. The van der Waals surface area contributed by atoms with Crippen LogP contribution in [0.1, 0.15) is 22.5 Å². The smallest absolute Gasteiger partial charge is 0.433 e. The summed E-state index contributed by atoms with van der Waals surface area (Å²) in [5.41, 5.74) is -2.02. The molecule has 0 radical (unpaired) electrons. The summed E-state index contributed by atoms with van der Waals surface area (Å²) in [5.74, 6) is 1.93. The van der Waals surface area contributed by atoms with Gasteiger partial charge in [-0.05, 0) is 59.7 Å². The number of benzene rings is 2. The molecule has 6 rings (SSSR count). The third kappa shape index (κ3) is 11.9. The summed E-state index contributed by atoms with van der Waals surface area (Å²) in [4.78, 5) is 38.9. The molecule has 0 bridgehead atoms. The molecule has 0 aliphatic rings. The zero-order valence-electron chi connectivity index (χ0n) is 33.9. The minimum absolute atomic E-state index is 0.0726. The van der Waals surface area contributed by atoms with E-state index in [1.807, 2.05) is 0 Å². The van der Waals surface area contributed by atoms with E-state index in [1.165, 1.54) is 74.4 Å². The van der Waals surface area contributed by atoms with Gasteiger partial charge >= 0.3 is 12.4 Å². The van der Waals surface area contributed by atoms with E-state index < -0.39 is 60.2 Å². The Morgan fingerprint density at radius 2 is 1.00 bits per heavy atom. The molecule has 1 atom stereocenters. The van der Waals surface area contributed by atoms with Gasteiger partial charge in [0.05, 0.1) is 63.7 Å². The van der Waals surface area contributed by atoms with E-state index in [0.717, 1.165) is 12.1 Å².